The standard InChI is InChI=1S/C21H20N2O5/c1-4-28-18-11-14(6-8-17(18)24)10-16-19(25)22-21(27)23(20(16)26)15-7-5-12(2)13(3)9-15/h5-11,24H,4H2,1-3H3,(H,22,25,27)/b16-10+. The smallest absolute Gasteiger partial charge is 0.335 e. The van der Waals surface area contributed by atoms with Gasteiger partial charge in [-0.2, -0.15) is 0 Å². The average Bonchev–Trinajstić information content (AvgIpc) is 2.64. The number of urea groups is 1. The van der Waals surface area contributed by atoms with E-state index < -0.39 is 17.8 Å². The van der Waals surface area contributed by atoms with E-state index >= 15 is 0 Å². The fourth-order valence-electron chi connectivity index (χ4n) is 2.81. The lowest BCUT2D eigenvalue weighted by Crippen LogP contribution is -2.54. The molecule has 2 N–H and O–H groups in total. The molecule has 0 aliphatic carbocycles. The zero-order valence-electron chi connectivity index (χ0n) is 15.8. The molecule has 1 heterocycles. The predicted octanol–water partition coefficient (Wildman–Crippen LogP) is 3.07. The van der Waals surface area contributed by atoms with Gasteiger partial charge in [-0.25, -0.2) is 9.69 Å². The number of aryl methyl sites for hydroxylation is 2. The number of phenols is 1. The molecule has 1 fully saturated rings. The Kier molecular flexibility index (Phi) is 5.17. The van der Waals surface area contributed by atoms with Crippen LogP contribution in [0, 0.1) is 13.8 Å². The molecule has 0 atom stereocenters. The fourth-order valence-corrected chi connectivity index (χ4v) is 2.81. The number of ether oxygens (including phenoxy) is 1. The highest BCUT2D eigenvalue weighted by atomic mass is 16.5. The van der Waals surface area contributed by atoms with E-state index in [1.54, 1.807) is 31.2 Å². The van der Waals surface area contributed by atoms with Crippen LogP contribution in [0.4, 0.5) is 10.5 Å². The fraction of sp³-hybridized carbons (Fsp3) is 0.190. The van der Waals surface area contributed by atoms with Gasteiger partial charge in [0, 0.05) is 0 Å². The number of aromatic hydroxyl groups is 1. The molecule has 0 bridgehead atoms. The normalized spacial score (nSPS) is 15.8. The van der Waals surface area contributed by atoms with Crippen molar-refractivity contribution in [2.75, 3.05) is 11.5 Å². The number of carbonyl (C=O) groups is 3. The second-order valence-corrected chi connectivity index (χ2v) is 6.39. The van der Waals surface area contributed by atoms with Gasteiger partial charge in [0.2, 0.25) is 0 Å². The number of rotatable bonds is 4. The van der Waals surface area contributed by atoms with Crippen LogP contribution in [-0.2, 0) is 9.59 Å². The maximum Gasteiger partial charge on any atom is 0.335 e. The second-order valence-electron chi connectivity index (χ2n) is 6.39. The number of hydrogen-bond donors (Lipinski definition) is 2. The Balaban J connectivity index is 2.01. The van der Waals surface area contributed by atoms with Gasteiger partial charge in [-0.05, 0) is 67.8 Å². The lowest BCUT2D eigenvalue weighted by molar-refractivity contribution is -0.122. The van der Waals surface area contributed by atoms with E-state index in [0.29, 0.717) is 17.9 Å². The Labute approximate surface area is 162 Å². The van der Waals surface area contributed by atoms with E-state index in [2.05, 4.69) is 5.32 Å². The summed E-state index contributed by atoms with van der Waals surface area (Å²) in [7, 11) is 0. The van der Waals surface area contributed by atoms with E-state index in [9.17, 15) is 19.5 Å². The van der Waals surface area contributed by atoms with Gasteiger partial charge in [-0.3, -0.25) is 14.9 Å². The summed E-state index contributed by atoms with van der Waals surface area (Å²) in [5.74, 6) is -1.30. The number of amides is 4. The van der Waals surface area contributed by atoms with Crippen LogP contribution in [0.2, 0.25) is 0 Å². The lowest BCUT2D eigenvalue weighted by atomic mass is 10.0. The zero-order chi connectivity index (χ0) is 20.4. The molecule has 7 heteroatoms. The largest absolute Gasteiger partial charge is 0.504 e. The van der Waals surface area contributed by atoms with Crippen LogP contribution in [0.15, 0.2) is 42.0 Å². The van der Waals surface area contributed by atoms with Gasteiger partial charge in [-0.15, -0.1) is 0 Å². The number of barbiturate groups is 1. The highest BCUT2D eigenvalue weighted by molar-refractivity contribution is 6.39. The van der Waals surface area contributed by atoms with Crippen molar-refractivity contribution in [2.24, 2.45) is 0 Å². The average molecular weight is 380 g/mol. The first-order valence-corrected chi connectivity index (χ1v) is 8.76. The third-order valence-corrected chi connectivity index (χ3v) is 4.45. The third kappa shape index (κ3) is 3.59. The molecule has 28 heavy (non-hydrogen) atoms. The maximum absolute atomic E-state index is 12.9. The van der Waals surface area contributed by atoms with Crippen LogP contribution in [0.5, 0.6) is 11.5 Å². The summed E-state index contributed by atoms with van der Waals surface area (Å²) in [6.45, 7) is 5.92. The summed E-state index contributed by atoms with van der Waals surface area (Å²) in [4.78, 5) is 38.4. The molecule has 0 saturated carbocycles. The topological polar surface area (TPSA) is 95.9 Å². The Morgan fingerprint density at radius 2 is 1.82 bits per heavy atom. The molecule has 0 aromatic heterocycles. The van der Waals surface area contributed by atoms with E-state index in [1.807, 2.05) is 13.8 Å². The molecule has 144 valence electrons. The number of nitrogens with one attached hydrogen (secondary N) is 1. The molecular formula is C21H20N2O5. The molecule has 0 spiro atoms. The molecule has 4 amide bonds. The van der Waals surface area contributed by atoms with E-state index in [4.69, 9.17) is 4.74 Å². The minimum atomic E-state index is -0.795. The Morgan fingerprint density at radius 3 is 2.50 bits per heavy atom. The molecule has 1 aliphatic rings. The van der Waals surface area contributed by atoms with Gasteiger partial charge in [0.1, 0.15) is 5.57 Å². The van der Waals surface area contributed by atoms with Gasteiger partial charge < -0.3 is 9.84 Å². The van der Waals surface area contributed by atoms with Gasteiger partial charge in [0.05, 0.1) is 12.3 Å². The van der Waals surface area contributed by atoms with Crippen molar-refractivity contribution in [3.63, 3.8) is 0 Å². The highest BCUT2D eigenvalue weighted by Gasteiger charge is 2.36. The van der Waals surface area contributed by atoms with Crippen molar-refractivity contribution in [1.82, 2.24) is 5.32 Å². The molecule has 1 saturated heterocycles. The molecule has 2 aromatic rings. The molecule has 1 aliphatic heterocycles. The molecule has 0 radical (unpaired) electrons. The summed E-state index contributed by atoms with van der Waals surface area (Å²) in [5, 5.41) is 12.0. The van der Waals surface area contributed by atoms with E-state index in [0.717, 1.165) is 16.0 Å². The molecule has 2 aromatic carbocycles. The minimum absolute atomic E-state index is 0.0460. The summed E-state index contributed by atoms with van der Waals surface area (Å²) in [6.07, 6.45) is 1.36. The monoisotopic (exact) mass is 380 g/mol. The van der Waals surface area contributed by atoms with Crippen molar-refractivity contribution in [2.45, 2.75) is 20.8 Å². The molecule has 7 nitrogen and oxygen atoms in total. The molecule has 0 unspecified atom stereocenters. The van der Waals surface area contributed by atoms with E-state index in [-0.39, 0.29) is 17.1 Å². The minimum Gasteiger partial charge on any atom is -0.504 e. The van der Waals surface area contributed by atoms with Crippen LogP contribution >= 0.6 is 0 Å². The van der Waals surface area contributed by atoms with Crippen LogP contribution in [-0.4, -0.2) is 29.6 Å². The number of carbonyl (C=O) groups excluding carboxylic acids is 3. The number of hydrogen-bond acceptors (Lipinski definition) is 5. The van der Waals surface area contributed by atoms with Crippen molar-refractivity contribution < 1.29 is 24.2 Å². The summed E-state index contributed by atoms with van der Waals surface area (Å²) >= 11 is 0. The first-order chi connectivity index (χ1) is 13.3. The first kappa shape index (κ1) is 19.2. The van der Waals surface area contributed by atoms with E-state index in [1.165, 1.54) is 18.2 Å². The number of benzene rings is 2. The number of anilines is 1. The number of imide groups is 2. The van der Waals surface area contributed by atoms with Crippen molar-refractivity contribution in [3.05, 3.63) is 58.7 Å². The first-order valence-electron chi connectivity index (χ1n) is 8.76. The summed E-state index contributed by atoms with van der Waals surface area (Å²) < 4.78 is 5.32. The van der Waals surface area contributed by atoms with Gasteiger partial charge in [-0.1, -0.05) is 12.1 Å². The van der Waals surface area contributed by atoms with Gasteiger partial charge >= 0.3 is 6.03 Å². The highest BCUT2D eigenvalue weighted by Crippen LogP contribution is 2.29. The van der Waals surface area contributed by atoms with Crippen LogP contribution < -0.4 is 15.0 Å². The SMILES string of the molecule is CCOc1cc(/C=C2\C(=O)NC(=O)N(c3ccc(C)c(C)c3)C2=O)ccc1O. The third-order valence-electron chi connectivity index (χ3n) is 4.45. The Hall–Kier alpha value is -3.61. The van der Waals surface area contributed by atoms with Gasteiger partial charge in [0.15, 0.2) is 11.5 Å². The van der Waals surface area contributed by atoms with Gasteiger partial charge in [0.25, 0.3) is 11.8 Å². The number of nitrogens with zero attached hydrogens (tertiary/aromatic N) is 1. The maximum atomic E-state index is 12.9. The Bertz CT molecular complexity index is 1010. The Morgan fingerprint density at radius 1 is 1.07 bits per heavy atom. The van der Waals surface area contributed by atoms with Crippen molar-refractivity contribution in [3.8, 4) is 11.5 Å². The summed E-state index contributed by atoms with van der Waals surface area (Å²) in [5.41, 5.74) is 2.61. The molecular weight excluding hydrogens is 360 g/mol. The van der Waals surface area contributed by atoms with Crippen LogP contribution in [0.3, 0.4) is 0 Å². The summed E-state index contributed by atoms with van der Waals surface area (Å²) in [6, 6.07) is 8.85. The van der Waals surface area contributed by atoms with Crippen molar-refractivity contribution >= 4 is 29.6 Å². The molecule has 3 rings (SSSR count). The predicted molar refractivity (Wildman–Crippen MR) is 104 cm³/mol. The number of phenolic OH excluding ortho intramolecular Hbond substituents is 1. The van der Waals surface area contributed by atoms with Crippen molar-refractivity contribution in [1.29, 1.82) is 0 Å². The quantitative estimate of drug-likeness (QED) is 0.628. The lowest BCUT2D eigenvalue weighted by Gasteiger charge is -2.26. The zero-order valence-corrected chi connectivity index (χ0v) is 15.8. The van der Waals surface area contributed by atoms with Crippen LogP contribution in [0.1, 0.15) is 23.6 Å². The second kappa shape index (κ2) is 7.56. The van der Waals surface area contributed by atoms with Crippen LogP contribution in [0.25, 0.3) is 6.08 Å².